The fourth-order valence-electron chi connectivity index (χ4n) is 3.10. The lowest BCUT2D eigenvalue weighted by Gasteiger charge is -2.29. The number of nitrogens with one attached hydrogen (secondary N) is 2. The third kappa shape index (κ3) is 3.38. The molecule has 0 bridgehead atoms. The zero-order valence-corrected chi connectivity index (χ0v) is 14.4. The van der Waals surface area contributed by atoms with Crippen molar-refractivity contribution in [1.29, 1.82) is 0 Å². The highest BCUT2D eigenvalue weighted by atomic mass is 32.2. The second-order valence-corrected chi connectivity index (χ2v) is 7.49. The van der Waals surface area contributed by atoms with Crippen LogP contribution < -0.4 is 10.6 Å². The number of benzene rings is 1. The summed E-state index contributed by atoms with van der Waals surface area (Å²) in [6.45, 7) is 6.57. The van der Waals surface area contributed by atoms with Crippen LogP contribution in [-0.4, -0.2) is 47.6 Å². The Hall–Kier alpha value is -1.53. The Kier molecular flexibility index (Phi) is 4.92. The standard InChI is InChI=1S/C17H23N3O2S/c1-3-8-20(13-6-7-18-10-13)17(22)12-4-5-15-14(9-12)19-16(21)11(2)23-15/h4-5,9,11,13,18H,3,6-8,10H2,1-2H3,(H,19,21). The molecule has 5 nitrogen and oxygen atoms in total. The number of hydrogen-bond acceptors (Lipinski definition) is 4. The van der Waals surface area contributed by atoms with Crippen LogP contribution in [0.25, 0.3) is 0 Å². The van der Waals surface area contributed by atoms with Crippen LogP contribution in [0.15, 0.2) is 23.1 Å². The molecule has 1 aromatic rings. The number of fused-ring (bicyclic) bond motifs is 1. The van der Waals surface area contributed by atoms with Gasteiger partial charge in [0.1, 0.15) is 0 Å². The topological polar surface area (TPSA) is 61.4 Å². The van der Waals surface area contributed by atoms with E-state index >= 15 is 0 Å². The van der Waals surface area contributed by atoms with Gasteiger partial charge in [-0.25, -0.2) is 0 Å². The molecule has 2 aliphatic rings. The summed E-state index contributed by atoms with van der Waals surface area (Å²) in [5, 5.41) is 6.13. The molecule has 2 N–H and O–H groups in total. The lowest BCUT2D eigenvalue weighted by Crippen LogP contribution is -2.42. The molecule has 0 aliphatic carbocycles. The number of hydrogen-bond donors (Lipinski definition) is 2. The van der Waals surface area contributed by atoms with E-state index in [1.54, 1.807) is 0 Å². The molecule has 1 saturated heterocycles. The average Bonchev–Trinajstić information content (AvgIpc) is 3.07. The summed E-state index contributed by atoms with van der Waals surface area (Å²) in [5.41, 5.74) is 1.41. The van der Waals surface area contributed by atoms with Crippen LogP contribution in [0.1, 0.15) is 37.0 Å². The highest BCUT2D eigenvalue weighted by Gasteiger charge is 2.28. The Bertz CT molecular complexity index is 614. The van der Waals surface area contributed by atoms with Gasteiger partial charge in [-0.05, 0) is 44.5 Å². The van der Waals surface area contributed by atoms with Gasteiger partial charge < -0.3 is 15.5 Å². The number of nitrogens with zero attached hydrogens (tertiary/aromatic N) is 1. The van der Waals surface area contributed by atoms with E-state index < -0.39 is 0 Å². The molecule has 2 unspecified atom stereocenters. The number of amides is 2. The molecular formula is C17H23N3O2S. The summed E-state index contributed by atoms with van der Waals surface area (Å²) in [6.07, 6.45) is 1.94. The van der Waals surface area contributed by atoms with Crippen molar-refractivity contribution in [3.8, 4) is 0 Å². The van der Waals surface area contributed by atoms with Gasteiger partial charge in [0.2, 0.25) is 5.91 Å². The van der Waals surface area contributed by atoms with Crippen LogP contribution in [-0.2, 0) is 4.79 Å². The van der Waals surface area contributed by atoms with E-state index in [4.69, 9.17) is 0 Å². The first-order chi connectivity index (χ1) is 11.1. The molecule has 3 rings (SSSR count). The van der Waals surface area contributed by atoms with Crippen LogP contribution in [0.4, 0.5) is 5.69 Å². The highest BCUT2D eigenvalue weighted by molar-refractivity contribution is 8.00. The van der Waals surface area contributed by atoms with Gasteiger partial charge in [0, 0.05) is 29.6 Å². The zero-order valence-electron chi connectivity index (χ0n) is 13.6. The molecule has 2 atom stereocenters. The van der Waals surface area contributed by atoms with Gasteiger partial charge in [-0.2, -0.15) is 0 Å². The predicted molar refractivity (Wildman–Crippen MR) is 93.0 cm³/mol. The minimum atomic E-state index is -0.0924. The lowest BCUT2D eigenvalue weighted by molar-refractivity contribution is -0.115. The summed E-state index contributed by atoms with van der Waals surface area (Å²) in [4.78, 5) is 27.8. The number of rotatable bonds is 4. The fourth-order valence-corrected chi connectivity index (χ4v) is 4.03. The van der Waals surface area contributed by atoms with Crippen molar-refractivity contribution in [1.82, 2.24) is 10.2 Å². The maximum Gasteiger partial charge on any atom is 0.254 e. The summed E-state index contributed by atoms with van der Waals surface area (Å²) in [5.74, 6) is 0.0544. The second-order valence-electron chi connectivity index (χ2n) is 6.11. The Morgan fingerprint density at radius 3 is 2.96 bits per heavy atom. The molecule has 1 aromatic carbocycles. The fraction of sp³-hybridized carbons (Fsp3) is 0.529. The molecule has 23 heavy (non-hydrogen) atoms. The molecule has 2 aliphatic heterocycles. The Labute approximate surface area is 141 Å². The van der Waals surface area contributed by atoms with Crippen molar-refractivity contribution in [3.05, 3.63) is 23.8 Å². The molecule has 2 heterocycles. The van der Waals surface area contributed by atoms with E-state index in [0.717, 1.165) is 43.1 Å². The van der Waals surface area contributed by atoms with Gasteiger partial charge in [0.25, 0.3) is 5.91 Å². The summed E-state index contributed by atoms with van der Waals surface area (Å²) in [6, 6.07) is 5.91. The maximum absolute atomic E-state index is 12.9. The maximum atomic E-state index is 12.9. The summed E-state index contributed by atoms with van der Waals surface area (Å²) in [7, 11) is 0. The molecule has 124 valence electrons. The van der Waals surface area contributed by atoms with Crippen LogP contribution in [0.5, 0.6) is 0 Å². The van der Waals surface area contributed by atoms with Crippen molar-refractivity contribution < 1.29 is 9.59 Å². The minimum Gasteiger partial charge on any atom is -0.334 e. The average molecular weight is 333 g/mol. The summed E-state index contributed by atoms with van der Waals surface area (Å²) < 4.78 is 0. The molecular weight excluding hydrogens is 310 g/mol. The van der Waals surface area contributed by atoms with E-state index in [0.29, 0.717) is 5.56 Å². The first-order valence-electron chi connectivity index (χ1n) is 8.23. The normalized spacial score (nSPS) is 23.3. The van der Waals surface area contributed by atoms with E-state index in [1.165, 1.54) is 11.8 Å². The van der Waals surface area contributed by atoms with Gasteiger partial charge in [-0.1, -0.05) is 6.92 Å². The predicted octanol–water partition coefficient (Wildman–Crippen LogP) is 2.33. The smallest absolute Gasteiger partial charge is 0.254 e. The third-order valence-electron chi connectivity index (χ3n) is 4.36. The Balaban J connectivity index is 1.83. The minimum absolute atomic E-state index is 0.00231. The highest BCUT2D eigenvalue weighted by Crippen LogP contribution is 2.36. The van der Waals surface area contributed by atoms with E-state index in [9.17, 15) is 9.59 Å². The van der Waals surface area contributed by atoms with Crippen molar-refractivity contribution in [2.45, 2.75) is 42.9 Å². The summed E-state index contributed by atoms with van der Waals surface area (Å²) >= 11 is 1.54. The van der Waals surface area contributed by atoms with E-state index in [-0.39, 0.29) is 23.1 Å². The Morgan fingerprint density at radius 1 is 1.43 bits per heavy atom. The second kappa shape index (κ2) is 6.93. The first-order valence-corrected chi connectivity index (χ1v) is 9.11. The monoisotopic (exact) mass is 333 g/mol. The molecule has 6 heteroatoms. The van der Waals surface area contributed by atoms with Crippen LogP contribution in [0, 0.1) is 0 Å². The van der Waals surface area contributed by atoms with Gasteiger partial charge in [0.15, 0.2) is 0 Å². The Morgan fingerprint density at radius 2 is 2.26 bits per heavy atom. The van der Waals surface area contributed by atoms with Gasteiger partial charge in [0.05, 0.1) is 10.9 Å². The van der Waals surface area contributed by atoms with Gasteiger partial charge in [-0.3, -0.25) is 9.59 Å². The number of carbonyl (C=O) groups excluding carboxylic acids is 2. The van der Waals surface area contributed by atoms with Crippen LogP contribution in [0.3, 0.4) is 0 Å². The molecule has 0 spiro atoms. The quantitative estimate of drug-likeness (QED) is 0.888. The molecule has 2 amide bonds. The molecule has 1 fully saturated rings. The van der Waals surface area contributed by atoms with Gasteiger partial charge in [-0.15, -0.1) is 11.8 Å². The van der Waals surface area contributed by atoms with Gasteiger partial charge >= 0.3 is 0 Å². The largest absolute Gasteiger partial charge is 0.334 e. The molecule has 0 saturated carbocycles. The van der Waals surface area contributed by atoms with E-state index in [2.05, 4.69) is 17.6 Å². The number of thioether (sulfide) groups is 1. The molecule has 0 aromatic heterocycles. The molecule has 0 radical (unpaired) electrons. The lowest BCUT2D eigenvalue weighted by atomic mass is 10.1. The van der Waals surface area contributed by atoms with Crippen molar-refractivity contribution in [3.63, 3.8) is 0 Å². The zero-order chi connectivity index (χ0) is 16.4. The van der Waals surface area contributed by atoms with Crippen molar-refractivity contribution in [2.24, 2.45) is 0 Å². The van der Waals surface area contributed by atoms with Crippen molar-refractivity contribution in [2.75, 3.05) is 25.0 Å². The first kappa shape index (κ1) is 16.3. The SMILES string of the molecule is CCCN(C(=O)c1ccc2c(c1)NC(=O)C(C)S2)C1CCNC1. The number of carbonyl (C=O) groups is 2. The van der Waals surface area contributed by atoms with Crippen LogP contribution in [0.2, 0.25) is 0 Å². The third-order valence-corrected chi connectivity index (χ3v) is 5.54. The van der Waals surface area contributed by atoms with E-state index in [1.807, 2.05) is 30.0 Å². The van der Waals surface area contributed by atoms with Crippen LogP contribution >= 0.6 is 11.8 Å². The number of anilines is 1. The van der Waals surface area contributed by atoms with Crippen molar-refractivity contribution >= 4 is 29.3 Å².